The summed E-state index contributed by atoms with van der Waals surface area (Å²) < 4.78 is 5.42. The Morgan fingerprint density at radius 1 is 1.26 bits per heavy atom. The lowest BCUT2D eigenvalue weighted by atomic mass is 10.0. The smallest absolute Gasteiger partial charge is 0.317 e. The summed E-state index contributed by atoms with van der Waals surface area (Å²) in [5.74, 6) is 0.745. The van der Waals surface area contributed by atoms with Crippen LogP contribution in [0.5, 0.6) is 5.75 Å². The molecule has 0 bridgehead atoms. The van der Waals surface area contributed by atoms with Crippen LogP contribution in [0.1, 0.15) is 19.4 Å². The zero-order valence-electron chi connectivity index (χ0n) is 14.1. The van der Waals surface area contributed by atoms with Gasteiger partial charge in [-0.3, -0.25) is 0 Å². The van der Waals surface area contributed by atoms with Crippen molar-refractivity contribution in [3.8, 4) is 5.75 Å². The maximum absolute atomic E-state index is 12.2. The average molecular weight is 316 g/mol. The Balaban J connectivity index is 2.17. The van der Waals surface area contributed by atoms with Crippen molar-refractivity contribution in [1.82, 2.24) is 10.2 Å². The molecule has 2 rings (SSSR count). The van der Waals surface area contributed by atoms with Gasteiger partial charge in [0.25, 0.3) is 0 Å². The third-order valence-corrected chi connectivity index (χ3v) is 3.60. The van der Waals surface area contributed by atoms with Crippen molar-refractivity contribution in [2.45, 2.75) is 26.0 Å². The monoisotopic (exact) mass is 316 g/mol. The van der Waals surface area contributed by atoms with Gasteiger partial charge in [-0.2, -0.15) is 0 Å². The van der Waals surface area contributed by atoms with Gasteiger partial charge in [0.15, 0.2) is 0 Å². The number of nitrogens with one attached hydrogen (secondary N) is 1. The van der Waals surface area contributed by atoms with Crippen LogP contribution in [0.25, 0.3) is 10.8 Å². The van der Waals surface area contributed by atoms with Crippen molar-refractivity contribution in [3.63, 3.8) is 0 Å². The van der Waals surface area contributed by atoms with E-state index in [9.17, 15) is 9.90 Å². The summed E-state index contributed by atoms with van der Waals surface area (Å²) >= 11 is 0. The molecule has 2 aromatic rings. The van der Waals surface area contributed by atoms with Crippen LogP contribution in [0.4, 0.5) is 4.79 Å². The molecule has 23 heavy (non-hydrogen) atoms. The number of benzene rings is 2. The van der Waals surface area contributed by atoms with Gasteiger partial charge in [-0.15, -0.1) is 0 Å². The summed E-state index contributed by atoms with van der Waals surface area (Å²) in [5.41, 5.74) is 0.0130. The number of rotatable bonds is 5. The van der Waals surface area contributed by atoms with Gasteiger partial charge < -0.3 is 20.1 Å². The summed E-state index contributed by atoms with van der Waals surface area (Å²) in [6, 6.07) is 11.7. The van der Waals surface area contributed by atoms with Gasteiger partial charge in [-0.05, 0) is 30.7 Å². The molecule has 0 saturated carbocycles. The zero-order chi connectivity index (χ0) is 17.0. The third-order valence-electron chi connectivity index (χ3n) is 3.60. The van der Waals surface area contributed by atoms with Crippen LogP contribution in [-0.2, 0) is 6.54 Å². The molecule has 0 unspecified atom stereocenters. The highest BCUT2D eigenvalue weighted by Crippen LogP contribution is 2.27. The van der Waals surface area contributed by atoms with E-state index in [0.29, 0.717) is 6.54 Å². The molecular weight excluding hydrogens is 292 g/mol. The number of fused-ring (bicyclic) bond motifs is 1. The minimum absolute atomic E-state index is 0.234. The highest BCUT2D eigenvalue weighted by Gasteiger charge is 2.19. The molecule has 2 amide bonds. The van der Waals surface area contributed by atoms with Crippen molar-refractivity contribution < 1.29 is 14.6 Å². The number of hydrogen-bond acceptors (Lipinski definition) is 3. The second-order valence-corrected chi connectivity index (χ2v) is 6.29. The van der Waals surface area contributed by atoms with E-state index in [-0.39, 0.29) is 12.6 Å². The van der Waals surface area contributed by atoms with Crippen LogP contribution in [-0.4, -0.2) is 42.3 Å². The molecule has 124 valence electrons. The molecule has 0 spiro atoms. The van der Waals surface area contributed by atoms with Gasteiger partial charge in [-0.1, -0.05) is 30.3 Å². The number of ether oxygens (including phenoxy) is 1. The fourth-order valence-electron chi connectivity index (χ4n) is 2.64. The number of urea groups is 1. The Morgan fingerprint density at radius 3 is 2.61 bits per heavy atom. The van der Waals surface area contributed by atoms with E-state index in [1.807, 2.05) is 36.4 Å². The Kier molecular flexibility index (Phi) is 5.11. The van der Waals surface area contributed by atoms with E-state index in [4.69, 9.17) is 4.74 Å². The molecule has 0 heterocycles. The van der Waals surface area contributed by atoms with E-state index < -0.39 is 5.60 Å². The Morgan fingerprint density at radius 2 is 1.96 bits per heavy atom. The third kappa shape index (κ3) is 4.36. The minimum atomic E-state index is -0.927. The summed E-state index contributed by atoms with van der Waals surface area (Å²) in [7, 11) is 3.28. The van der Waals surface area contributed by atoms with Crippen LogP contribution in [0.15, 0.2) is 36.4 Å². The first-order chi connectivity index (χ1) is 10.8. The van der Waals surface area contributed by atoms with E-state index >= 15 is 0 Å². The Bertz CT molecular complexity index is 692. The standard InChI is InChI=1S/C18H24N2O3/c1-18(2,22)12-20(3)17(21)19-11-15-14-8-6-5-7-13(14)9-10-16(15)23-4/h5-10,22H,11-12H2,1-4H3,(H,19,21). The van der Waals surface area contributed by atoms with Crippen molar-refractivity contribution in [3.05, 3.63) is 42.0 Å². The summed E-state index contributed by atoms with van der Waals surface area (Å²) in [6.45, 7) is 3.96. The number of amides is 2. The number of hydrogen-bond donors (Lipinski definition) is 2. The molecule has 0 atom stereocenters. The molecule has 0 aliphatic heterocycles. The quantitative estimate of drug-likeness (QED) is 0.891. The molecule has 2 aromatic carbocycles. The van der Waals surface area contributed by atoms with Gasteiger partial charge in [0, 0.05) is 19.2 Å². The lowest BCUT2D eigenvalue weighted by Gasteiger charge is -2.26. The maximum Gasteiger partial charge on any atom is 0.317 e. The molecule has 5 nitrogen and oxygen atoms in total. The van der Waals surface area contributed by atoms with Crippen LogP contribution >= 0.6 is 0 Å². The number of carbonyl (C=O) groups is 1. The maximum atomic E-state index is 12.2. The van der Waals surface area contributed by atoms with Crippen LogP contribution in [0, 0.1) is 0 Å². The molecule has 0 aromatic heterocycles. The molecular formula is C18H24N2O3. The van der Waals surface area contributed by atoms with Gasteiger partial charge in [0.2, 0.25) is 0 Å². The first kappa shape index (κ1) is 17.1. The number of carbonyl (C=O) groups excluding carboxylic acids is 1. The molecule has 0 saturated heterocycles. The molecule has 2 N–H and O–H groups in total. The second kappa shape index (κ2) is 6.87. The molecule has 0 radical (unpaired) electrons. The topological polar surface area (TPSA) is 61.8 Å². The lowest BCUT2D eigenvalue weighted by Crippen LogP contribution is -2.44. The highest BCUT2D eigenvalue weighted by molar-refractivity contribution is 5.88. The number of likely N-dealkylation sites (N-methyl/N-ethyl adjacent to an activating group) is 1. The normalized spacial score (nSPS) is 11.3. The Labute approximate surface area is 136 Å². The van der Waals surface area contributed by atoms with Crippen LogP contribution in [0.2, 0.25) is 0 Å². The number of methoxy groups -OCH3 is 1. The SMILES string of the molecule is COc1ccc2ccccc2c1CNC(=O)N(C)CC(C)(C)O. The molecule has 0 aliphatic carbocycles. The first-order valence-electron chi connectivity index (χ1n) is 7.58. The van der Waals surface area contributed by atoms with Gasteiger partial charge in [0.05, 0.1) is 19.3 Å². The molecule has 0 aliphatic rings. The predicted octanol–water partition coefficient (Wildman–Crippen LogP) is 2.76. The van der Waals surface area contributed by atoms with Gasteiger partial charge >= 0.3 is 6.03 Å². The van der Waals surface area contributed by atoms with E-state index in [2.05, 4.69) is 5.32 Å². The fourth-order valence-corrected chi connectivity index (χ4v) is 2.64. The summed E-state index contributed by atoms with van der Waals surface area (Å²) in [5, 5.41) is 14.8. The van der Waals surface area contributed by atoms with Gasteiger partial charge in [0.1, 0.15) is 5.75 Å². The van der Waals surface area contributed by atoms with Crippen molar-refractivity contribution in [1.29, 1.82) is 0 Å². The summed E-state index contributed by atoms with van der Waals surface area (Å²) in [4.78, 5) is 13.7. The number of aliphatic hydroxyl groups is 1. The predicted molar refractivity (Wildman–Crippen MR) is 91.7 cm³/mol. The van der Waals surface area contributed by atoms with Crippen molar-refractivity contribution in [2.75, 3.05) is 20.7 Å². The van der Waals surface area contributed by atoms with E-state index in [0.717, 1.165) is 22.1 Å². The molecule has 5 heteroatoms. The highest BCUT2D eigenvalue weighted by atomic mass is 16.5. The molecule has 0 fully saturated rings. The lowest BCUT2D eigenvalue weighted by molar-refractivity contribution is 0.0531. The number of nitrogens with zero attached hydrogens (tertiary/aromatic N) is 1. The van der Waals surface area contributed by atoms with Crippen LogP contribution in [0.3, 0.4) is 0 Å². The largest absolute Gasteiger partial charge is 0.496 e. The minimum Gasteiger partial charge on any atom is -0.496 e. The average Bonchev–Trinajstić information content (AvgIpc) is 2.50. The fraction of sp³-hybridized carbons (Fsp3) is 0.389. The van der Waals surface area contributed by atoms with Gasteiger partial charge in [-0.25, -0.2) is 4.79 Å². The van der Waals surface area contributed by atoms with E-state index in [1.165, 1.54) is 4.90 Å². The Hall–Kier alpha value is -2.27. The zero-order valence-corrected chi connectivity index (χ0v) is 14.1. The van der Waals surface area contributed by atoms with Crippen molar-refractivity contribution in [2.24, 2.45) is 0 Å². The second-order valence-electron chi connectivity index (χ2n) is 6.29. The summed E-state index contributed by atoms with van der Waals surface area (Å²) in [6.07, 6.45) is 0. The van der Waals surface area contributed by atoms with Crippen LogP contribution < -0.4 is 10.1 Å². The first-order valence-corrected chi connectivity index (χ1v) is 7.58. The van der Waals surface area contributed by atoms with Crippen molar-refractivity contribution >= 4 is 16.8 Å². The van der Waals surface area contributed by atoms with E-state index in [1.54, 1.807) is 28.0 Å².